The minimum atomic E-state index is -0.304. The van der Waals surface area contributed by atoms with E-state index in [0.29, 0.717) is 25.3 Å². The minimum absolute atomic E-state index is 0.00597. The summed E-state index contributed by atoms with van der Waals surface area (Å²) < 4.78 is 0. The molecule has 1 heterocycles. The molecule has 1 saturated heterocycles. The molecular weight excluding hydrogens is 260 g/mol. The topological polar surface area (TPSA) is 83.9 Å². The summed E-state index contributed by atoms with van der Waals surface area (Å²) in [7, 11) is 0. The van der Waals surface area contributed by atoms with Crippen molar-refractivity contribution in [3.63, 3.8) is 0 Å². The van der Waals surface area contributed by atoms with Gasteiger partial charge in [0, 0.05) is 24.8 Å². The SMILES string of the molecule is CC(C)CC(C=O)CC(=O)N1CC(C=O)CC1CN=O. The smallest absolute Gasteiger partial charge is 0.223 e. The van der Waals surface area contributed by atoms with Gasteiger partial charge in [0.1, 0.15) is 19.1 Å². The Morgan fingerprint density at radius 1 is 1.40 bits per heavy atom. The molecule has 1 fully saturated rings. The Labute approximate surface area is 118 Å². The molecule has 0 aromatic rings. The van der Waals surface area contributed by atoms with Gasteiger partial charge in [0.05, 0.1) is 6.04 Å². The van der Waals surface area contributed by atoms with Crippen molar-refractivity contribution in [3.05, 3.63) is 4.91 Å². The molecule has 1 rings (SSSR count). The first-order valence-electron chi connectivity index (χ1n) is 7.01. The third kappa shape index (κ3) is 4.51. The van der Waals surface area contributed by atoms with E-state index in [1.54, 1.807) is 0 Å². The van der Waals surface area contributed by atoms with Crippen molar-refractivity contribution >= 4 is 18.5 Å². The fourth-order valence-electron chi connectivity index (χ4n) is 2.75. The van der Waals surface area contributed by atoms with Crippen LogP contribution in [0.5, 0.6) is 0 Å². The molecule has 20 heavy (non-hydrogen) atoms. The molecule has 0 aromatic carbocycles. The fourth-order valence-corrected chi connectivity index (χ4v) is 2.75. The highest BCUT2D eigenvalue weighted by Crippen LogP contribution is 2.25. The van der Waals surface area contributed by atoms with Gasteiger partial charge in [-0.2, -0.15) is 4.91 Å². The highest BCUT2D eigenvalue weighted by molar-refractivity contribution is 5.80. The van der Waals surface area contributed by atoms with Crippen molar-refractivity contribution in [2.24, 2.45) is 22.9 Å². The van der Waals surface area contributed by atoms with Gasteiger partial charge in [0.25, 0.3) is 0 Å². The van der Waals surface area contributed by atoms with Crippen LogP contribution in [0.1, 0.15) is 33.1 Å². The molecule has 0 saturated carbocycles. The van der Waals surface area contributed by atoms with Gasteiger partial charge in [-0.05, 0) is 18.8 Å². The number of amides is 1. The molecule has 6 nitrogen and oxygen atoms in total. The number of carbonyl (C=O) groups excluding carboxylic acids is 3. The quantitative estimate of drug-likeness (QED) is 0.498. The monoisotopic (exact) mass is 282 g/mol. The third-order valence-corrected chi connectivity index (χ3v) is 3.65. The summed E-state index contributed by atoms with van der Waals surface area (Å²) in [5.41, 5.74) is 0. The molecular formula is C14H22N2O4. The molecule has 0 N–H and O–H groups in total. The van der Waals surface area contributed by atoms with Gasteiger partial charge in [-0.25, -0.2) is 0 Å². The predicted molar refractivity (Wildman–Crippen MR) is 74.0 cm³/mol. The molecule has 1 amide bonds. The van der Waals surface area contributed by atoms with Crippen LogP contribution < -0.4 is 0 Å². The summed E-state index contributed by atoms with van der Waals surface area (Å²) in [6.45, 7) is 4.33. The van der Waals surface area contributed by atoms with E-state index in [1.807, 2.05) is 13.8 Å². The van der Waals surface area contributed by atoms with Gasteiger partial charge in [0.15, 0.2) is 0 Å². The van der Waals surface area contributed by atoms with Crippen molar-refractivity contribution in [2.45, 2.75) is 39.2 Å². The lowest BCUT2D eigenvalue weighted by molar-refractivity contribution is -0.134. The lowest BCUT2D eigenvalue weighted by atomic mass is 9.95. The number of hydrogen-bond donors (Lipinski definition) is 0. The number of carbonyl (C=O) groups is 3. The molecule has 6 heteroatoms. The highest BCUT2D eigenvalue weighted by Gasteiger charge is 2.35. The van der Waals surface area contributed by atoms with Crippen molar-refractivity contribution in [3.8, 4) is 0 Å². The van der Waals surface area contributed by atoms with Crippen molar-refractivity contribution in [2.75, 3.05) is 13.1 Å². The average Bonchev–Trinajstić information content (AvgIpc) is 2.81. The molecule has 0 aliphatic carbocycles. The molecule has 3 atom stereocenters. The van der Waals surface area contributed by atoms with Crippen molar-refractivity contribution in [1.82, 2.24) is 4.90 Å². The van der Waals surface area contributed by atoms with Gasteiger partial charge >= 0.3 is 0 Å². The Balaban J connectivity index is 2.65. The Bertz CT molecular complexity index is 370. The second-order valence-corrected chi connectivity index (χ2v) is 5.87. The van der Waals surface area contributed by atoms with Gasteiger partial charge in [0.2, 0.25) is 5.91 Å². The maximum Gasteiger partial charge on any atom is 0.223 e. The maximum absolute atomic E-state index is 12.3. The lowest BCUT2D eigenvalue weighted by Gasteiger charge is -2.24. The first kappa shape index (κ1) is 16.5. The van der Waals surface area contributed by atoms with Crippen LogP contribution in [0.15, 0.2) is 5.18 Å². The van der Waals surface area contributed by atoms with E-state index in [-0.39, 0.29) is 36.8 Å². The van der Waals surface area contributed by atoms with Crippen LogP contribution in [0.3, 0.4) is 0 Å². The summed E-state index contributed by atoms with van der Waals surface area (Å²) in [6.07, 6.45) is 2.92. The minimum Gasteiger partial charge on any atom is -0.337 e. The number of aldehydes is 2. The molecule has 3 unspecified atom stereocenters. The normalized spacial score (nSPS) is 23.6. The van der Waals surface area contributed by atoms with Crippen LogP contribution in [0, 0.1) is 22.7 Å². The van der Waals surface area contributed by atoms with Crippen LogP contribution >= 0.6 is 0 Å². The summed E-state index contributed by atoms with van der Waals surface area (Å²) in [4.78, 5) is 46.1. The second kappa shape index (κ2) is 7.87. The molecule has 1 aliphatic heterocycles. The Morgan fingerprint density at radius 2 is 2.10 bits per heavy atom. The first-order valence-corrected chi connectivity index (χ1v) is 7.01. The van der Waals surface area contributed by atoms with E-state index in [2.05, 4.69) is 5.18 Å². The van der Waals surface area contributed by atoms with E-state index in [4.69, 9.17) is 0 Å². The number of rotatable bonds is 8. The van der Waals surface area contributed by atoms with Gasteiger partial charge in [-0.1, -0.05) is 19.0 Å². The van der Waals surface area contributed by atoms with E-state index >= 15 is 0 Å². The average molecular weight is 282 g/mol. The van der Waals surface area contributed by atoms with E-state index in [9.17, 15) is 19.3 Å². The van der Waals surface area contributed by atoms with Crippen molar-refractivity contribution in [1.29, 1.82) is 0 Å². The van der Waals surface area contributed by atoms with Crippen LogP contribution in [0.4, 0.5) is 0 Å². The zero-order chi connectivity index (χ0) is 15.1. The first-order chi connectivity index (χ1) is 9.51. The molecule has 0 radical (unpaired) electrons. The Morgan fingerprint density at radius 3 is 2.60 bits per heavy atom. The largest absolute Gasteiger partial charge is 0.337 e. The summed E-state index contributed by atoms with van der Waals surface area (Å²) in [5, 5.41) is 2.84. The molecule has 0 aromatic heterocycles. The molecule has 0 spiro atoms. The number of hydrogen-bond acceptors (Lipinski definition) is 5. The van der Waals surface area contributed by atoms with Crippen LogP contribution in [0.25, 0.3) is 0 Å². The van der Waals surface area contributed by atoms with E-state index in [1.165, 1.54) is 4.90 Å². The van der Waals surface area contributed by atoms with Crippen LogP contribution in [-0.2, 0) is 14.4 Å². The number of nitrogens with zero attached hydrogens (tertiary/aromatic N) is 2. The Hall–Kier alpha value is -1.59. The molecule has 0 bridgehead atoms. The number of likely N-dealkylation sites (tertiary alicyclic amines) is 1. The van der Waals surface area contributed by atoms with E-state index in [0.717, 1.165) is 12.6 Å². The standard InChI is InChI=1S/C14H22N2O4/c1-10(2)3-11(8-17)5-14(19)16-7-12(9-18)4-13(16)6-15-20/h8-13H,3-7H2,1-2H3. The van der Waals surface area contributed by atoms with Crippen LogP contribution in [-0.4, -0.2) is 42.5 Å². The maximum atomic E-state index is 12.3. The molecule has 1 aliphatic rings. The van der Waals surface area contributed by atoms with Gasteiger partial charge < -0.3 is 14.5 Å². The van der Waals surface area contributed by atoms with Gasteiger partial charge in [-0.15, -0.1) is 0 Å². The Kier molecular flexibility index (Phi) is 6.48. The fraction of sp³-hybridized carbons (Fsp3) is 0.786. The van der Waals surface area contributed by atoms with Crippen molar-refractivity contribution < 1.29 is 14.4 Å². The summed E-state index contributed by atoms with van der Waals surface area (Å²) in [6, 6.07) is -0.304. The zero-order valence-corrected chi connectivity index (χ0v) is 12.0. The van der Waals surface area contributed by atoms with Gasteiger partial charge in [-0.3, -0.25) is 4.79 Å². The summed E-state index contributed by atoms with van der Waals surface area (Å²) in [5.74, 6) is -0.361. The lowest BCUT2D eigenvalue weighted by Crippen LogP contribution is -2.38. The third-order valence-electron chi connectivity index (χ3n) is 3.65. The predicted octanol–water partition coefficient (Wildman–Crippen LogP) is 1.42. The summed E-state index contributed by atoms with van der Waals surface area (Å²) >= 11 is 0. The molecule has 112 valence electrons. The number of nitroso groups, excluding NO2 is 1. The second-order valence-electron chi connectivity index (χ2n) is 5.87. The zero-order valence-electron chi connectivity index (χ0n) is 12.0. The van der Waals surface area contributed by atoms with Crippen LogP contribution in [0.2, 0.25) is 0 Å². The van der Waals surface area contributed by atoms with E-state index < -0.39 is 0 Å². The highest BCUT2D eigenvalue weighted by atomic mass is 16.3.